The van der Waals surface area contributed by atoms with Gasteiger partial charge in [0.05, 0.1) is 5.54 Å². The lowest BCUT2D eigenvalue weighted by Crippen LogP contribution is -2.46. The second kappa shape index (κ2) is 2.64. The van der Waals surface area contributed by atoms with Crippen LogP contribution >= 0.6 is 0 Å². The number of nitrogens with one attached hydrogen (secondary N) is 1. The largest absolute Gasteiger partial charge is 0.447 e. The van der Waals surface area contributed by atoms with Gasteiger partial charge in [0, 0.05) is 0 Å². The van der Waals surface area contributed by atoms with Crippen molar-refractivity contribution in [3.63, 3.8) is 0 Å². The summed E-state index contributed by atoms with van der Waals surface area (Å²) in [6, 6.07) is 0. The first-order valence-corrected chi connectivity index (χ1v) is 4.65. The van der Waals surface area contributed by atoms with Crippen molar-refractivity contribution in [3.05, 3.63) is 0 Å². The molecule has 2 fully saturated rings. The summed E-state index contributed by atoms with van der Waals surface area (Å²) in [6.07, 6.45) is 4.44. The Labute approximate surface area is 72.5 Å². The number of carbonyl (C=O) groups excluding carboxylic acids is 1. The normalized spacial score (nSPS) is 41.1. The molecule has 1 saturated carbocycles. The second-order valence-corrected chi connectivity index (χ2v) is 4.18. The standard InChI is InChI=1S/C9H15NO2/c1-7-3-2-4-9(5-7)6-12-8(11)10-9/h7H,2-6H2,1H3,(H,10,11). The van der Waals surface area contributed by atoms with Gasteiger partial charge in [-0.15, -0.1) is 0 Å². The summed E-state index contributed by atoms with van der Waals surface area (Å²) < 4.78 is 4.94. The van der Waals surface area contributed by atoms with Gasteiger partial charge in [-0.3, -0.25) is 0 Å². The van der Waals surface area contributed by atoms with Gasteiger partial charge in [-0.2, -0.15) is 0 Å². The van der Waals surface area contributed by atoms with Crippen LogP contribution in [0.2, 0.25) is 0 Å². The fraction of sp³-hybridized carbons (Fsp3) is 0.889. The van der Waals surface area contributed by atoms with Crippen molar-refractivity contribution in [1.29, 1.82) is 0 Å². The molecule has 0 aromatic carbocycles. The fourth-order valence-electron chi connectivity index (χ4n) is 2.40. The van der Waals surface area contributed by atoms with Crippen molar-refractivity contribution in [2.45, 2.75) is 38.1 Å². The minimum atomic E-state index is -0.232. The zero-order valence-corrected chi connectivity index (χ0v) is 7.43. The van der Waals surface area contributed by atoms with Crippen LogP contribution in [-0.4, -0.2) is 18.2 Å². The summed E-state index contributed by atoms with van der Waals surface area (Å²) in [7, 11) is 0. The Balaban J connectivity index is 2.05. The Morgan fingerprint density at radius 1 is 1.67 bits per heavy atom. The Kier molecular flexibility index (Phi) is 1.74. The van der Waals surface area contributed by atoms with E-state index in [0.29, 0.717) is 6.61 Å². The lowest BCUT2D eigenvalue weighted by Gasteiger charge is -2.34. The molecule has 12 heavy (non-hydrogen) atoms. The first kappa shape index (κ1) is 7.90. The van der Waals surface area contributed by atoms with Crippen LogP contribution in [-0.2, 0) is 4.74 Å². The first-order valence-electron chi connectivity index (χ1n) is 4.65. The van der Waals surface area contributed by atoms with Crippen LogP contribution in [0.3, 0.4) is 0 Å². The summed E-state index contributed by atoms with van der Waals surface area (Å²) in [6.45, 7) is 2.82. The maximum atomic E-state index is 10.9. The fourth-order valence-corrected chi connectivity index (χ4v) is 2.40. The molecule has 2 rings (SSSR count). The molecule has 1 amide bonds. The molecule has 0 radical (unpaired) electrons. The predicted octanol–water partition coefficient (Wildman–Crippen LogP) is 1.68. The number of rotatable bonds is 0. The molecular formula is C9H15NO2. The molecule has 1 aliphatic heterocycles. The Bertz CT molecular complexity index is 205. The van der Waals surface area contributed by atoms with Gasteiger partial charge < -0.3 is 10.1 Å². The van der Waals surface area contributed by atoms with E-state index >= 15 is 0 Å². The summed E-state index contributed by atoms with van der Waals surface area (Å²) in [5.74, 6) is 0.723. The molecule has 1 heterocycles. The van der Waals surface area contributed by atoms with E-state index in [4.69, 9.17) is 4.74 Å². The van der Waals surface area contributed by atoms with E-state index < -0.39 is 0 Å². The van der Waals surface area contributed by atoms with Crippen molar-refractivity contribution in [3.8, 4) is 0 Å². The number of amides is 1. The highest BCUT2D eigenvalue weighted by atomic mass is 16.6. The van der Waals surface area contributed by atoms with E-state index in [1.165, 1.54) is 12.8 Å². The first-order chi connectivity index (χ1) is 5.70. The number of cyclic esters (lactones) is 1. The molecule has 1 aliphatic carbocycles. The molecule has 1 N–H and O–H groups in total. The Hall–Kier alpha value is -0.730. The molecule has 1 saturated heterocycles. The third kappa shape index (κ3) is 1.28. The van der Waals surface area contributed by atoms with Crippen LogP contribution in [0.1, 0.15) is 32.6 Å². The van der Waals surface area contributed by atoms with E-state index in [1.54, 1.807) is 0 Å². The number of alkyl carbamates (subject to hydrolysis) is 1. The van der Waals surface area contributed by atoms with Gasteiger partial charge in [0.25, 0.3) is 0 Å². The highest BCUT2D eigenvalue weighted by Gasteiger charge is 2.42. The number of hydrogen-bond donors (Lipinski definition) is 1. The molecule has 0 aromatic heterocycles. The summed E-state index contributed by atoms with van der Waals surface area (Å²) in [5, 5.41) is 2.94. The molecule has 3 heteroatoms. The highest BCUT2D eigenvalue weighted by molar-refractivity contribution is 5.70. The number of ether oxygens (including phenoxy) is 1. The van der Waals surface area contributed by atoms with Crippen molar-refractivity contribution in [2.75, 3.05) is 6.61 Å². The summed E-state index contributed by atoms with van der Waals surface area (Å²) >= 11 is 0. The molecule has 0 bridgehead atoms. The zero-order valence-electron chi connectivity index (χ0n) is 7.43. The van der Waals surface area contributed by atoms with Crippen molar-refractivity contribution in [2.24, 2.45) is 5.92 Å². The SMILES string of the molecule is CC1CCCC2(COC(=O)N2)C1. The van der Waals surface area contributed by atoms with Crippen LogP contribution in [0.4, 0.5) is 4.79 Å². The monoisotopic (exact) mass is 169 g/mol. The van der Waals surface area contributed by atoms with Crippen molar-refractivity contribution >= 4 is 6.09 Å². The zero-order chi connectivity index (χ0) is 8.60. The Morgan fingerprint density at radius 3 is 3.08 bits per heavy atom. The number of carbonyl (C=O) groups is 1. The maximum Gasteiger partial charge on any atom is 0.407 e. The molecule has 2 atom stereocenters. The van der Waals surface area contributed by atoms with Gasteiger partial charge in [0.15, 0.2) is 0 Å². The second-order valence-electron chi connectivity index (χ2n) is 4.18. The molecule has 2 unspecified atom stereocenters. The van der Waals surface area contributed by atoms with Gasteiger partial charge in [-0.1, -0.05) is 19.8 Å². The molecule has 68 valence electrons. The predicted molar refractivity (Wildman–Crippen MR) is 44.8 cm³/mol. The minimum Gasteiger partial charge on any atom is -0.447 e. The van der Waals surface area contributed by atoms with Crippen LogP contribution in [0.25, 0.3) is 0 Å². The van der Waals surface area contributed by atoms with Crippen molar-refractivity contribution < 1.29 is 9.53 Å². The van der Waals surface area contributed by atoms with E-state index in [1.807, 2.05) is 0 Å². The molecule has 0 aromatic rings. The quantitative estimate of drug-likeness (QED) is 0.599. The highest BCUT2D eigenvalue weighted by Crippen LogP contribution is 2.34. The van der Waals surface area contributed by atoms with E-state index in [2.05, 4.69) is 12.2 Å². The van der Waals surface area contributed by atoms with Crippen LogP contribution in [0.15, 0.2) is 0 Å². The summed E-state index contributed by atoms with van der Waals surface area (Å²) in [4.78, 5) is 10.9. The van der Waals surface area contributed by atoms with Gasteiger partial charge in [-0.05, 0) is 18.8 Å². The van der Waals surface area contributed by atoms with E-state index in [-0.39, 0.29) is 11.6 Å². The average Bonchev–Trinajstić information content (AvgIpc) is 2.32. The number of hydrogen-bond acceptors (Lipinski definition) is 2. The summed E-state index contributed by atoms with van der Waals surface area (Å²) in [5.41, 5.74) is -0.00521. The van der Waals surface area contributed by atoms with Gasteiger partial charge in [-0.25, -0.2) is 4.79 Å². The van der Waals surface area contributed by atoms with E-state index in [0.717, 1.165) is 18.8 Å². The third-order valence-electron chi connectivity index (χ3n) is 2.94. The minimum absolute atomic E-state index is 0.00521. The van der Waals surface area contributed by atoms with Gasteiger partial charge in [0.1, 0.15) is 6.61 Å². The van der Waals surface area contributed by atoms with Crippen LogP contribution in [0, 0.1) is 5.92 Å². The molecule has 3 nitrogen and oxygen atoms in total. The third-order valence-corrected chi connectivity index (χ3v) is 2.94. The lowest BCUT2D eigenvalue weighted by atomic mass is 9.77. The topological polar surface area (TPSA) is 38.3 Å². The van der Waals surface area contributed by atoms with Crippen molar-refractivity contribution in [1.82, 2.24) is 5.32 Å². The maximum absolute atomic E-state index is 10.9. The van der Waals surface area contributed by atoms with Crippen LogP contribution < -0.4 is 5.32 Å². The van der Waals surface area contributed by atoms with Gasteiger partial charge in [0.2, 0.25) is 0 Å². The van der Waals surface area contributed by atoms with Crippen LogP contribution in [0.5, 0.6) is 0 Å². The molecule has 1 spiro atoms. The average molecular weight is 169 g/mol. The molecule has 2 aliphatic rings. The van der Waals surface area contributed by atoms with Gasteiger partial charge >= 0.3 is 6.09 Å². The lowest BCUT2D eigenvalue weighted by molar-refractivity contribution is 0.155. The Morgan fingerprint density at radius 2 is 2.50 bits per heavy atom. The smallest absolute Gasteiger partial charge is 0.407 e. The molecular weight excluding hydrogens is 154 g/mol. The van der Waals surface area contributed by atoms with E-state index in [9.17, 15) is 4.79 Å².